The maximum atomic E-state index is 11.5. The third-order valence-electron chi connectivity index (χ3n) is 2.15. The highest BCUT2D eigenvalue weighted by Crippen LogP contribution is 2.12. The summed E-state index contributed by atoms with van der Waals surface area (Å²) < 4.78 is 5.16. The zero-order valence-electron chi connectivity index (χ0n) is 9.33. The van der Waals surface area contributed by atoms with E-state index in [0.717, 1.165) is 5.82 Å². The fourth-order valence-corrected chi connectivity index (χ4v) is 1.10. The summed E-state index contributed by atoms with van der Waals surface area (Å²) in [7, 11) is 1.60. The van der Waals surface area contributed by atoms with Crippen molar-refractivity contribution in [2.75, 3.05) is 7.11 Å². The molecule has 1 amide bonds. The van der Waals surface area contributed by atoms with Crippen molar-refractivity contribution in [2.24, 2.45) is 0 Å². The number of nitrogens with zero attached hydrogens (tertiary/aromatic N) is 1. The second-order valence-corrected chi connectivity index (χ2v) is 3.95. The van der Waals surface area contributed by atoms with Gasteiger partial charge in [0.1, 0.15) is 5.82 Å². The molecule has 0 saturated carbocycles. The fourth-order valence-electron chi connectivity index (χ4n) is 1.10. The van der Waals surface area contributed by atoms with Crippen LogP contribution in [0.3, 0.4) is 0 Å². The predicted molar refractivity (Wildman–Crippen MR) is 56.1 cm³/mol. The topological polar surface area (TPSA) is 67.0 Å². The van der Waals surface area contributed by atoms with Crippen molar-refractivity contribution >= 4 is 5.91 Å². The number of nitrogens with one attached hydrogen (secondary N) is 2. The molecule has 0 atom stereocenters. The Morgan fingerprint density at radius 2 is 2.40 bits per heavy atom. The number of hydrogen-bond donors (Lipinski definition) is 2. The summed E-state index contributed by atoms with van der Waals surface area (Å²) in [4.78, 5) is 18.4. The number of aromatic amines is 1. The number of H-pyrrole nitrogens is 1. The third kappa shape index (κ3) is 4.12. The molecule has 0 bridgehead atoms. The molecule has 15 heavy (non-hydrogen) atoms. The molecule has 0 saturated heterocycles. The lowest BCUT2D eigenvalue weighted by atomic mass is 10.1. The quantitative estimate of drug-likeness (QED) is 0.758. The molecular formula is C10H17N3O2. The minimum atomic E-state index is -0.423. The highest BCUT2D eigenvalue weighted by atomic mass is 16.5. The van der Waals surface area contributed by atoms with Gasteiger partial charge in [-0.05, 0) is 13.8 Å². The molecule has 1 heterocycles. The van der Waals surface area contributed by atoms with Crippen molar-refractivity contribution < 1.29 is 9.53 Å². The van der Waals surface area contributed by atoms with Gasteiger partial charge in [0, 0.05) is 19.5 Å². The molecule has 0 aromatic carbocycles. The number of ether oxygens (including phenoxy) is 1. The first-order chi connectivity index (χ1) is 7.03. The molecule has 84 valence electrons. The molecule has 0 fully saturated rings. The summed E-state index contributed by atoms with van der Waals surface area (Å²) in [5.41, 5.74) is -0.423. The molecule has 0 aliphatic rings. The Morgan fingerprint density at radius 1 is 1.67 bits per heavy atom. The van der Waals surface area contributed by atoms with E-state index in [4.69, 9.17) is 4.74 Å². The monoisotopic (exact) mass is 211 g/mol. The number of aromatic nitrogens is 2. The Labute approximate surface area is 89.2 Å². The van der Waals surface area contributed by atoms with Crippen molar-refractivity contribution in [2.45, 2.75) is 32.4 Å². The number of rotatable bonds is 5. The van der Waals surface area contributed by atoms with Crippen molar-refractivity contribution in [3.05, 3.63) is 18.2 Å². The zero-order valence-corrected chi connectivity index (χ0v) is 9.33. The molecule has 0 aliphatic carbocycles. The number of carbonyl (C=O) groups excluding carboxylic acids is 1. The van der Waals surface area contributed by atoms with Crippen molar-refractivity contribution in [3.8, 4) is 0 Å². The molecule has 5 heteroatoms. The van der Waals surface area contributed by atoms with Gasteiger partial charge < -0.3 is 15.0 Å². The maximum Gasteiger partial charge on any atom is 0.223 e. The van der Waals surface area contributed by atoms with Crippen LogP contribution in [0.25, 0.3) is 0 Å². The average molecular weight is 211 g/mol. The molecule has 5 nitrogen and oxygen atoms in total. The van der Waals surface area contributed by atoms with E-state index >= 15 is 0 Å². The van der Waals surface area contributed by atoms with Crippen LogP contribution in [0.2, 0.25) is 0 Å². The number of carbonyl (C=O) groups is 1. The third-order valence-corrected chi connectivity index (χ3v) is 2.15. The summed E-state index contributed by atoms with van der Waals surface area (Å²) in [6, 6.07) is 0. The van der Waals surface area contributed by atoms with Crippen LogP contribution in [0.4, 0.5) is 0 Å². The van der Waals surface area contributed by atoms with Gasteiger partial charge in [0.25, 0.3) is 0 Å². The lowest BCUT2D eigenvalue weighted by molar-refractivity contribution is -0.126. The molecule has 1 rings (SSSR count). The van der Waals surface area contributed by atoms with E-state index in [-0.39, 0.29) is 5.91 Å². The Bertz CT molecular complexity index is 306. The van der Waals surface area contributed by atoms with Gasteiger partial charge in [-0.3, -0.25) is 4.79 Å². The van der Waals surface area contributed by atoms with E-state index < -0.39 is 5.60 Å². The Kier molecular flexibility index (Phi) is 3.85. The van der Waals surface area contributed by atoms with Crippen molar-refractivity contribution in [1.29, 1.82) is 0 Å². The number of imidazole rings is 1. The van der Waals surface area contributed by atoms with Gasteiger partial charge in [0.05, 0.1) is 18.6 Å². The van der Waals surface area contributed by atoms with Gasteiger partial charge in [-0.1, -0.05) is 0 Å². The molecule has 1 aromatic rings. The fraction of sp³-hybridized carbons (Fsp3) is 0.600. The van der Waals surface area contributed by atoms with Crippen LogP contribution in [-0.2, 0) is 16.1 Å². The van der Waals surface area contributed by atoms with Gasteiger partial charge in [-0.2, -0.15) is 0 Å². The predicted octanol–water partition coefficient (Wildman–Crippen LogP) is 0.841. The first-order valence-electron chi connectivity index (χ1n) is 4.83. The summed E-state index contributed by atoms with van der Waals surface area (Å²) >= 11 is 0. The van der Waals surface area contributed by atoms with Crippen LogP contribution >= 0.6 is 0 Å². The van der Waals surface area contributed by atoms with E-state index in [1.807, 2.05) is 13.8 Å². The smallest absolute Gasteiger partial charge is 0.223 e. The average Bonchev–Trinajstić information content (AvgIpc) is 2.66. The minimum absolute atomic E-state index is 0.0433. The van der Waals surface area contributed by atoms with Crippen molar-refractivity contribution in [3.63, 3.8) is 0 Å². The lowest BCUT2D eigenvalue weighted by Gasteiger charge is -2.21. The highest BCUT2D eigenvalue weighted by Gasteiger charge is 2.20. The van der Waals surface area contributed by atoms with Crippen LogP contribution in [0.15, 0.2) is 12.4 Å². The highest BCUT2D eigenvalue weighted by molar-refractivity contribution is 5.76. The van der Waals surface area contributed by atoms with Crippen LogP contribution < -0.4 is 5.32 Å². The normalized spacial score (nSPS) is 11.4. The van der Waals surface area contributed by atoms with Gasteiger partial charge in [0.15, 0.2) is 0 Å². The maximum absolute atomic E-state index is 11.5. The number of hydrogen-bond acceptors (Lipinski definition) is 3. The van der Waals surface area contributed by atoms with E-state index in [2.05, 4.69) is 15.3 Å². The molecule has 0 unspecified atom stereocenters. The van der Waals surface area contributed by atoms with E-state index in [1.165, 1.54) is 0 Å². The SMILES string of the molecule is COC(C)(C)CC(=O)NCc1ncc[nH]1. The lowest BCUT2D eigenvalue weighted by Crippen LogP contribution is -2.33. The molecule has 2 N–H and O–H groups in total. The summed E-state index contributed by atoms with van der Waals surface area (Å²) in [6.07, 6.45) is 3.71. The van der Waals surface area contributed by atoms with E-state index in [1.54, 1.807) is 19.5 Å². The Morgan fingerprint density at radius 3 is 2.93 bits per heavy atom. The standard InChI is InChI=1S/C10H17N3O2/c1-10(2,15-3)6-9(14)13-7-8-11-4-5-12-8/h4-5H,6-7H2,1-3H3,(H,11,12)(H,13,14). The molecule has 0 radical (unpaired) electrons. The summed E-state index contributed by atoms with van der Waals surface area (Å²) in [5, 5.41) is 2.76. The van der Waals surface area contributed by atoms with Gasteiger partial charge >= 0.3 is 0 Å². The first kappa shape index (κ1) is 11.7. The second kappa shape index (κ2) is 4.93. The van der Waals surface area contributed by atoms with E-state index in [0.29, 0.717) is 13.0 Å². The molecular weight excluding hydrogens is 194 g/mol. The first-order valence-corrected chi connectivity index (χ1v) is 4.83. The van der Waals surface area contributed by atoms with Crippen LogP contribution in [-0.4, -0.2) is 28.6 Å². The van der Waals surface area contributed by atoms with E-state index in [9.17, 15) is 4.79 Å². The van der Waals surface area contributed by atoms with Crippen LogP contribution in [0.5, 0.6) is 0 Å². The van der Waals surface area contributed by atoms with Gasteiger partial charge in [0.2, 0.25) is 5.91 Å². The minimum Gasteiger partial charge on any atom is -0.378 e. The number of methoxy groups -OCH3 is 1. The molecule has 0 spiro atoms. The molecule has 0 aliphatic heterocycles. The zero-order chi connectivity index (χ0) is 11.3. The largest absolute Gasteiger partial charge is 0.378 e. The summed E-state index contributed by atoms with van der Waals surface area (Å²) in [6.45, 7) is 4.17. The van der Waals surface area contributed by atoms with Crippen molar-refractivity contribution in [1.82, 2.24) is 15.3 Å². The Hall–Kier alpha value is -1.36. The van der Waals surface area contributed by atoms with Crippen LogP contribution in [0, 0.1) is 0 Å². The summed E-state index contributed by atoms with van der Waals surface area (Å²) in [5.74, 6) is 0.705. The van der Waals surface area contributed by atoms with Gasteiger partial charge in [-0.15, -0.1) is 0 Å². The van der Waals surface area contributed by atoms with Gasteiger partial charge in [-0.25, -0.2) is 4.98 Å². The Balaban J connectivity index is 2.31. The number of amides is 1. The van der Waals surface area contributed by atoms with Crippen LogP contribution in [0.1, 0.15) is 26.1 Å². The second-order valence-electron chi connectivity index (χ2n) is 3.95. The molecule has 1 aromatic heterocycles.